The lowest BCUT2D eigenvalue weighted by Gasteiger charge is -2.17. The fraction of sp³-hybridized carbons (Fsp3) is 0.385. The maximum atomic E-state index is 12.1. The summed E-state index contributed by atoms with van der Waals surface area (Å²) in [5.74, 6) is 2.25. The van der Waals surface area contributed by atoms with Crippen LogP contribution in [0.4, 0.5) is 0 Å². The molecule has 0 radical (unpaired) electrons. The van der Waals surface area contributed by atoms with E-state index >= 15 is 0 Å². The van der Waals surface area contributed by atoms with E-state index in [-0.39, 0.29) is 12.6 Å². The number of carbonyl (C=O) groups is 1. The second-order valence-electron chi connectivity index (χ2n) is 8.16. The molecule has 32 heavy (non-hydrogen) atoms. The monoisotopic (exact) mass is 435 g/mol. The van der Waals surface area contributed by atoms with Gasteiger partial charge in [0.25, 0.3) is 0 Å². The minimum Gasteiger partial charge on any atom is -0.489 e. The van der Waals surface area contributed by atoms with E-state index < -0.39 is 0 Å². The third-order valence-corrected chi connectivity index (χ3v) is 5.86. The highest BCUT2D eigenvalue weighted by Crippen LogP contribution is 2.32. The van der Waals surface area contributed by atoms with Crippen molar-refractivity contribution in [3.8, 4) is 11.5 Å². The van der Waals surface area contributed by atoms with Crippen LogP contribution in [-0.2, 0) is 18.0 Å². The molecule has 1 aromatic heterocycles. The topological polar surface area (TPSA) is 70.8 Å². The van der Waals surface area contributed by atoms with Crippen molar-refractivity contribution in [2.75, 3.05) is 7.11 Å². The van der Waals surface area contributed by atoms with Crippen molar-refractivity contribution in [1.29, 1.82) is 0 Å². The van der Waals surface area contributed by atoms with Gasteiger partial charge in [-0.05, 0) is 37.5 Å². The molecule has 1 aliphatic carbocycles. The van der Waals surface area contributed by atoms with Gasteiger partial charge in [0.05, 0.1) is 12.7 Å². The van der Waals surface area contributed by atoms with E-state index in [0.717, 1.165) is 35.6 Å². The van der Waals surface area contributed by atoms with Gasteiger partial charge in [0.2, 0.25) is 0 Å². The predicted molar refractivity (Wildman–Crippen MR) is 120 cm³/mol. The van der Waals surface area contributed by atoms with E-state index in [0.29, 0.717) is 29.6 Å². The quantitative estimate of drug-likeness (QED) is 0.406. The lowest BCUT2D eigenvalue weighted by molar-refractivity contribution is 0.0597. The molecule has 0 aliphatic heterocycles. The molecule has 0 N–H and O–H groups in total. The maximum absolute atomic E-state index is 12.1. The van der Waals surface area contributed by atoms with Gasteiger partial charge in [-0.3, -0.25) is 0 Å². The number of methoxy groups -OCH3 is 1. The molecule has 1 aliphatic rings. The molecule has 0 unspecified atom stereocenters. The Labute approximate surface area is 188 Å². The second kappa shape index (κ2) is 10.4. The van der Waals surface area contributed by atoms with Crippen molar-refractivity contribution >= 4 is 5.97 Å². The number of oxazole rings is 1. The minimum atomic E-state index is -0.362. The molecule has 0 atom stereocenters. The van der Waals surface area contributed by atoms with Crippen LogP contribution in [0, 0.1) is 6.92 Å². The van der Waals surface area contributed by atoms with Crippen LogP contribution in [0.5, 0.6) is 11.5 Å². The summed E-state index contributed by atoms with van der Waals surface area (Å²) in [4.78, 5) is 16.8. The van der Waals surface area contributed by atoms with E-state index in [9.17, 15) is 4.79 Å². The molecule has 0 amide bonds. The standard InChI is InChI=1S/C26H29NO5/c1-18-8-6-11-20(24(18)26(28)29-2)15-30-22-12-7-13-23(14-22)31-16-21-17-32-25(27-21)19-9-4-3-5-10-19/h6-8,11-14,17,19H,3-5,9-10,15-16H2,1-2H3. The van der Waals surface area contributed by atoms with Gasteiger partial charge in [0.15, 0.2) is 5.89 Å². The van der Waals surface area contributed by atoms with Crippen LogP contribution in [0.25, 0.3) is 0 Å². The van der Waals surface area contributed by atoms with E-state index in [1.807, 2.05) is 49.4 Å². The number of benzene rings is 2. The number of hydrogen-bond acceptors (Lipinski definition) is 6. The largest absolute Gasteiger partial charge is 0.489 e. The highest BCUT2D eigenvalue weighted by molar-refractivity contribution is 5.92. The summed E-state index contributed by atoms with van der Waals surface area (Å²) in [5.41, 5.74) is 2.97. The predicted octanol–water partition coefficient (Wildman–Crippen LogP) is 5.98. The lowest BCUT2D eigenvalue weighted by Crippen LogP contribution is -2.10. The summed E-state index contributed by atoms with van der Waals surface area (Å²) in [6, 6.07) is 13.1. The average molecular weight is 436 g/mol. The van der Waals surface area contributed by atoms with Crippen LogP contribution in [0.15, 0.2) is 53.1 Å². The fourth-order valence-corrected chi connectivity index (χ4v) is 4.14. The molecular formula is C26H29NO5. The molecule has 4 rings (SSSR count). The normalized spacial score (nSPS) is 14.2. The van der Waals surface area contributed by atoms with Gasteiger partial charge in [-0.1, -0.05) is 43.5 Å². The number of aryl methyl sites for hydroxylation is 1. The molecule has 1 heterocycles. The van der Waals surface area contributed by atoms with Crippen molar-refractivity contribution in [3.63, 3.8) is 0 Å². The summed E-state index contributed by atoms with van der Waals surface area (Å²) in [5, 5.41) is 0. The van der Waals surface area contributed by atoms with Crippen molar-refractivity contribution in [1.82, 2.24) is 4.98 Å². The first-order valence-corrected chi connectivity index (χ1v) is 11.1. The van der Waals surface area contributed by atoms with Gasteiger partial charge in [-0.2, -0.15) is 0 Å². The van der Waals surface area contributed by atoms with Gasteiger partial charge in [0, 0.05) is 17.5 Å². The number of nitrogens with zero attached hydrogens (tertiary/aromatic N) is 1. The number of carbonyl (C=O) groups excluding carboxylic acids is 1. The zero-order valence-corrected chi connectivity index (χ0v) is 18.6. The summed E-state index contributed by atoms with van der Waals surface area (Å²) < 4.78 is 22.5. The van der Waals surface area contributed by atoms with Crippen LogP contribution in [-0.4, -0.2) is 18.1 Å². The highest BCUT2D eigenvalue weighted by Gasteiger charge is 2.20. The number of aromatic nitrogens is 1. The van der Waals surface area contributed by atoms with E-state index in [2.05, 4.69) is 4.98 Å². The molecule has 1 saturated carbocycles. The second-order valence-corrected chi connectivity index (χ2v) is 8.16. The van der Waals surface area contributed by atoms with Gasteiger partial charge >= 0.3 is 5.97 Å². The Morgan fingerprint density at radius 2 is 1.75 bits per heavy atom. The Morgan fingerprint density at radius 3 is 2.50 bits per heavy atom. The van der Waals surface area contributed by atoms with Gasteiger partial charge in [0.1, 0.15) is 36.7 Å². The maximum Gasteiger partial charge on any atom is 0.338 e. The van der Waals surface area contributed by atoms with Crippen LogP contribution < -0.4 is 9.47 Å². The third-order valence-electron chi connectivity index (χ3n) is 5.86. The number of hydrogen-bond donors (Lipinski definition) is 0. The van der Waals surface area contributed by atoms with Gasteiger partial charge in [-0.25, -0.2) is 9.78 Å². The van der Waals surface area contributed by atoms with Crippen molar-refractivity contribution < 1.29 is 23.4 Å². The van der Waals surface area contributed by atoms with Crippen LogP contribution in [0.2, 0.25) is 0 Å². The molecule has 168 valence electrons. The molecule has 3 aromatic rings. The molecule has 0 saturated heterocycles. The molecule has 0 spiro atoms. The van der Waals surface area contributed by atoms with Crippen LogP contribution in [0.1, 0.15) is 71.1 Å². The summed E-state index contributed by atoms with van der Waals surface area (Å²) in [6.07, 6.45) is 7.79. The van der Waals surface area contributed by atoms with E-state index in [1.165, 1.54) is 26.4 Å². The van der Waals surface area contributed by atoms with Gasteiger partial charge in [-0.15, -0.1) is 0 Å². The van der Waals surface area contributed by atoms with Crippen LogP contribution >= 0.6 is 0 Å². The molecule has 2 aromatic carbocycles. The summed E-state index contributed by atoms with van der Waals surface area (Å²) in [6.45, 7) is 2.47. The van der Waals surface area contributed by atoms with E-state index in [4.69, 9.17) is 18.6 Å². The Balaban J connectivity index is 1.36. The first kappa shape index (κ1) is 21.9. The lowest BCUT2D eigenvalue weighted by atomic mass is 9.89. The Kier molecular flexibility index (Phi) is 7.10. The zero-order chi connectivity index (χ0) is 22.3. The SMILES string of the molecule is COC(=O)c1c(C)cccc1COc1cccc(OCc2coc(C3CCCCC3)n2)c1. The Bertz CT molecular complexity index is 1050. The van der Waals surface area contributed by atoms with Crippen molar-refractivity contribution in [3.05, 3.63) is 77.0 Å². The van der Waals surface area contributed by atoms with E-state index in [1.54, 1.807) is 6.26 Å². The molecule has 6 heteroatoms. The number of ether oxygens (including phenoxy) is 3. The molecule has 1 fully saturated rings. The zero-order valence-electron chi connectivity index (χ0n) is 18.6. The van der Waals surface area contributed by atoms with Crippen molar-refractivity contribution in [2.45, 2.75) is 58.2 Å². The fourth-order valence-electron chi connectivity index (χ4n) is 4.14. The summed E-state index contributed by atoms with van der Waals surface area (Å²) in [7, 11) is 1.38. The smallest absolute Gasteiger partial charge is 0.338 e. The minimum absolute atomic E-state index is 0.254. The number of esters is 1. The summed E-state index contributed by atoms with van der Waals surface area (Å²) >= 11 is 0. The average Bonchev–Trinajstić information content (AvgIpc) is 3.31. The highest BCUT2D eigenvalue weighted by atomic mass is 16.5. The first-order valence-electron chi connectivity index (χ1n) is 11.1. The van der Waals surface area contributed by atoms with Crippen molar-refractivity contribution in [2.24, 2.45) is 0 Å². The van der Waals surface area contributed by atoms with Crippen LogP contribution in [0.3, 0.4) is 0 Å². The Hall–Kier alpha value is -3.28. The third kappa shape index (κ3) is 5.31. The first-order chi connectivity index (χ1) is 15.6. The molecule has 0 bridgehead atoms. The molecular weight excluding hydrogens is 406 g/mol. The Morgan fingerprint density at radius 1 is 1.03 bits per heavy atom. The number of rotatable bonds is 8. The van der Waals surface area contributed by atoms with Gasteiger partial charge < -0.3 is 18.6 Å². The molecule has 6 nitrogen and oxygen atoms in total.